The number of hydrogen-bond acceptors (Lipinski definition) is 5. The molecule has 0 aromatic carbocycles. The first kappa shape index (κ1) is 15.1. The molecule has 0 saturated carbocycles. The van der Waals surface area contributed by atoms with E-state index in [4.69, 9.17) is 9.15 Å². The van der Waals surface area contributed by atoms with Crippen molar-refractivity contribution in [2.75, 3.05) is 20.2 Å². The molecule has 2 atom stereocenters. The summed E-state index contributed by atoms with van der Waals surface area (Å²) in [5.74, 6) is 0.371. The summed E-state index contributed by atoms with van der Waals surface area (Å²) in [6, 6.07) is 2.67. The summed E-state index contributed by atoms with van der Waals surface area (Å²) in [4.78, 5) is 14.1. The Kier molecular flexibility index (Phi) is 5.20. The van der Waals surface area contributed by atoms with E-state index in [9.17, 15) is 4.79 Å². The molecule has 1 aromatic rings. The summed E-state index contributed by atoms with van der Waals surface area (Å²) >= 11 is 0. The Morgan fingerprint density at radius 3 is 2.95 bits per heavy atom. The standard InChI is InChI=1S/C15H24N2O3/c1-4-11-9-17(12(5-2)8-16-11)10-14-13(6-7-20-14)15(18)19-3/h6-7,11-12,16H,4-5,8-10H2,1-3H3. The van der Waals surface area contributed by atoms with Gasteiger partial charge in [-0.3, -0.25) is 4.90 Å². The number of furan rings is 1. The van der Waals surface area contributed by atoms with Crippen LogP contribution in [-0.4, -0.2) is 43.2 Å². The lowest BCUT2D eigenvalue weighted by atomic mass is 10.0. The fourth-order valence-corrected chi connectivity index (χ4v) is 2.74. The molecular weight excluding hydrogens is 256 g/mol. The van der Waals surface area contributed by atoms with Crippen LogP contribution in [0.1, 0.15) is 42.8 Å². The average molecular weight is 280 g/mol. The van der Waals surface area contributed by atoms with E-state index in [1.807, 2.05) is 0 Å². The number of nitrogens with zero attached hydrogens (tertiary/aromatic N) is 1. The quantitative estimate of drug-likeness (QED) is 0.836. The van der Waals surface area contributed by atoms with Gasteiger partial charge in [0.2, 0.25) is 0 Å². The molecule has 112 valence electrons. The molecule has 2 unspecified atom stereocenters. The largest absolute Gasteiger partial charge is 0.467 e. The van der Waals surface area contributed by atoms with E-state index in [1.54, 1.807) is 12.3 Å². The first-order valence-electron chi connectivity index (χ1n) is 7.31. The molecule has 0 radical (unpaired) electrons. The van der Waals surface area contributed by atoms with Gasteiger partial charge >= 0.3 is 5.97 Å². The number of rotatable bonds is 5. The third-order valence-electron chi connectivity index (χ3n) is 4.07. The van der Waals surface area contributed by atoms with Crippen molar-refractivity contribution in [3.05, 3.63) is 23.7 Å². The predicted octanol–water partition coefficient (Wildman–Crippen LogP) is 2.03. The number of esters is 1. The summed E-state index contributed by atoms with van der Waals surface area (Å²) < 4.78 is 10.3. The van der Waals surface area contributed by atoms with Crippen molar-refractivity contribution < 1.29 is 13.9 Å². The molecule has 20 heavy (non-hydrogen) atoms. The fraction of sp³-hybridized carbons (Fsp3) is 0.667. The molecule has 1 saturated heterocycles. The second-order valence-corrected chi connectivity index (χ2v) is 5.25. The number of piperazine rings is 1. The highest BCUT2D eigenvalue weighted by atomic mass is 16.5. The maximum Gasteiger partial charge on any atom is 0.341 e. The minimum atomic E-state index is -0.330. The van der Waals surface area contributed by atoms with Crippen LogP contribution < -0.4 is 5.32 Å². The zero-order valence-electron chi connectivity index (χ0n) is 12.5. The highest BCUT2D eigenvalue weighted by Gasteiger charge is 2.28. The maximum absolute atomic E-state index is 11.7. The van der Waals surface area contributed by atoms with Gasteiger partial charge in [-0.15, -0.1) is 0 Å². The summed E-state index contributed by atoms with van der Waals surface area (Å²) in [5, 5.41) is 3.56. The van der Waals surface area contributed by atoms with Gasteiger partial charge < -0.3 is 14.5 Å². The van der Waals surface area contributed by atoms with Gasteiger partial charge in [0, 0.05) is 25.2 Å². The van der Waals surface area contributed by atoms with Crippen molar-refractivity contribution >= 4 is 5.97 Å². The number of hydrogen-bond donors (Lipinski definition) is 1. The van der Waals surface area contributed by atoms with Gasteiger partial charge in [-0.25, -0.2) is 4.79 Å². The van der Waals surface area contributed by atoms with E-state index >= 15 is 0 Å². The molecule has 1 fully saturated rings. The number of methoxy groups -OCH3 is 1. The van der Waals surface area contributed by atoms with E-state index in [0.29, 0.717) is 30.0 Å². The lowest BCUT2D eigenvalue weighted by Crippen LogP contribution is -2.55. The highest BCUT2D eigenvalue weighted by Crippen LogP contribution is 2.19. The van der Waals surface area contributed by atoms with Crippen LogP contribution in [0.15, 0.2) is 16.7 Å². The summed E-state index contributed by atoms with van der Waals surface area (Å²) in [7, 11) is 1.39. The summed E-state index contributed by atoms with van der Waals surface area (Å²) in [6.45, 7) is 7.01. The van der Waals surface area contributed by atoms with Crippen LogP contribution in [0.25, 0.3) is 0 Å². The Morgan fingerprint density at radius 2 is 2.30 bits per heavy atom. The summed E-state index contributed by atoms with van der Waals surface area (Å²) in [6.07, 6.45) is 3.74. The van der Waals surface area contributed by atoms with Crippen molar-refractivity contribution in [3.8, 4) is 0 Å². The Balaban J connectivity index is 2.10. The van der Waals surface area contributed by atoms with Gasteiger partial charge in [0.05, 0.1) is 19.9 Å². The van der Waals surface area contributed by atoms with Crippen LogP contribution >= 0.6 is 0 Å². The molecule has 0 bridgehead atoms. The van der Waals surface area contributed by atoms with Crippen LogP contribution in [0.2, 0.25) is 0 Å². The molecule has 0 spiro atoms. The van der Waals surface area contributed by atoms with Gasteiger partial charge in [0.25, 0.3) is 0 Å². The number of carbonyl (C=O) groups is 1. The average Bonchev–Trinajstić information content (AvgIpc) is 2.94. The Hall–Kier alpha value is -1.33. The SMILES string of the molecule is CCC1CN(Cc2occc2C(=O)OC)C(CC)CN1. The third-order valence-corrected chi connectivity index (χ3v) is 4.07. The Labute approximate surface area is 120 Å². The second-order valence-electron chi connectivity index (χ2n) is 5.25. The Morgan fingerprint density at radius 1 is 1.50 bits per heavy atom. The second kappa shape index (κ2) is 6.90. The van der Waals surface area contributed by atoms with Crippen molar-refractivity contribution in [1.82, 2.24) is 10.2 Å². The van der Waals surface area contributed by atoms with Crippen LogP contribution in [-0.2, 0) is 11.3 Å². The van der Waals surface area contributed by atoms with Crippen LogP contribution in [0.3, 0.4) is 0 Å². The molecular formula is C15H24N2O3. The van der Waals surface area contributed by atoms with Crippen molar-refractivity contribution in [2.45, 2.75) is 45.3 Å². The number of nitrogens with one attached hydrogen (secondary N) is 1. The van der Waals surface area contributed by atoms with Gasteiger partial charge in [0.1, 0.15) is 11.3 Å². The van der Waals surface area contributed by atoms with Gasteiger partial charge in [-0.2, -0.15) is 0 Å². The zero-order chi connectivity index (χ0) is 14.5. The lowest BCUT2D eigenvalue weighted by Gasteiger charge is -2.39. The smallest absolute Gasteiger partial charge is 0.341 e. The van der Waals surface area contributed by atoms with Crippen molar-refractivity contribution in [2.24, 2.45) is 0 Å². The molecule has 0 aliphatic carbocycles. The molecule has 1 aliphatic rings. The topological polar surface area (TPSA) is 54.7 Å². The molecule has 2 heterocycles. The first-order chi connectivity index (χ1) is 9.69. The van der Waals surface area contributed by atoms with Gasteiger partial charge in [0.15, 0.2) is 0 Å². The fourth-order valence-electron chi connectivity index (χ4n) is 2.74. The van der Waals surface area contributed by atoms with E-state index in [1.165, 1.54) is 7.11 Å². The Bertz CT molecular complexity index is 444. The lowest BCUT2D eigenvalue weighted by molar-refractivity contribution is 0.0591. The molecule has 1 N–H and O–H groups in total. The third kappa shape index (κ3) is 3.22. The van der Waals surface area contributed by atoms with E-state index in [2.05, 4.69) is 24.1 Å². The monoisotopic (exact) mass is 280 g/mol. The van der Waals surface area contributed by atoms with E-state index in [0.717, 1.165) is 25.9 Å². The summed E-state index contributed by atoms with van der Waals surface area (Å²) in [5.41, 5.74) is 0.536. The normalized spacial score (nSPS) is 23.8. The van der Waals surface area contributed by atoms with Gasteiger partial charge in [-0.1, -0.05) is 13.8 Å². The molecule has 2 rings (SSSR count). The van der Waals surface area contributed by atoms with Crippen molar-refractivity contribution in [1.29, 1.82) is 0 Å². The van der Waals surface area contributed by atoms with Crippen LogP contribution in [0.4, 0.5) is 0 Å². The van der Waals surface area contributed by atoms with Crippen LogP contribution in [0.5, 0.6) is 0 Å². The maximum atomic E-state index is 11.7. The van der Waals surface area contributed by atoms with Crippen molar-refractivity contribution in [3.63, 3.8) is 0 Å². The minimum absolute atomic E-state index is 0.330. The molecule has 5 nitrogen and oxygen atoms in total. The molecule has 5 heteroatoms. The van der Waals surface area contributed by atoms with Gasteiger partial charge in [-0.05, 0) is 18.9 Å². The van der Waals surface area contributed by atoms with E-state index < -0.39 is 0 Å². The number of ether oxygens (including phenoxy) is 1. The first-order valence-corrected chi connectivity index (χ1v) is 7.31. The predicted molar refractivity (Wildman–Crippen MR) is 76.6 cm³/mol. The molecule has 1 aliphatic heterocycles. The highest BCUT2D eigenvalue weighted by molar-refractivity contribution is 5.90. The van der Waals surface area contributed by atoms with E-state index in [-0.39, 0.29) is 5.97 Å². The zero-order valence-corrected chi connectivity index (χ0v) is 12.5. The van der Waals surface area contributed by atoms with Crippen LogP contribution in [0, 0.1) is 0 Å². The number of carbonyl (C=O) groups excluding carboxylic acids is 1. The molecule has 1 aromatic heterocycles. The minimum Gasteiger partial charge on any atom is -0.467 e. The molecule has 0 amide bonds.